The van der Waals surface area contributed by atoms with Crippen LogP contribution in [-0.4, -0.2) is 92.6 Å². The number of benzene rings is 3. The SMILES string of the molecule is CCCN(CCC)C(=O)c1cc(C(=O)N[C@@H](Cc2cc(F)cc(F)c2)[C@H](O)CNCc2cccc(CC)c2)cc(S(=O)(=O)N2CCC[C@@H]2COC)c1. The minimum Gasteiger partial charge on any atom is -0.390 e. The van der Waals surface area contributed by atoms with Crippen LogP contribution in [0.25, 0.3) is 0 Å². The van der Waals surface area contributed by atoms with E-state index in [1.54, 1.807) is 4.90 Å². The standard InChI is InChI=1S/C39H52F2N4O6S/c1-5-13-44(14-6-2)39(48)31-20-30(21-35(22-31)52(49,50)45-15-9-12-34(45)26-51-4)38(47)43-36(19-29-17-32(40)23-33(41)18-29)37(46)25-42-24-28-11-8-10-27(7-3)16-28/h8,10-11,16-18,20-23,34,36-37,42,46H,5-7,9,12-15,19,24-26H2,1-4H3,(H,43,47)/t34-,36+,37-/m1/s1. The molecule has 0 aromatic heterocycles. The first-order chi connectivity index (χ1) is 24.9. The molecule has 3 aromatic carbocycles. The highest BCUT2D eigenvalue weighted by molar-refractivity contribution is 7.89. The molecule has 2 amide bonds. The van der Waals surface area contributed by atoms with E-state index in [1.807, 2.05) is 32.0 Å². The van der Waals surface area contributed by atoms with Crippen molar-refractivity contribution in [2.75, 3.05) is 39.9 Å². The van der Waals surface area contributed by atoms with Gasteiger partial charge in [-0.1, -0.05) is 45.0 Å². The molecule has 4 rings (SSSR count). The lowest BCUT2D eigenvalue weighted by molar-refractivity contribution is 0.0755. The Balaban J connectivity index is 1.68. The monoisotopic (exact) mass is 742 g/mol. The predicted octanol–water partition coefficient (Wildman–Crippen LogP) is 5.08. The fourth-order valence-corrected chi connectivity index (χ4v) is 8.39. The minimum absolute atomic E-state index is 0.0239. The second-order valence-corrected chi connectivity index (χ2v) is 15.2. The lowest BCUT2D eigenvalue weighted by atomic mass is 9.99. The first-order valence-electron chi connectivity index (χ1n) is 18.1. The number of halogens is 2. The van der Waals surface area contributed by atoms with Gasteiger partial charge in [-0.3, -0.25) is 9.59 Å². The highest BCUT2D eigenvalue weighted by Gasteiger charge is 2.36. The maximum atomic E-state index is 14.2. The van der Waals surface area contributed by atoms with Gasteiger partial charge >= 0.3 is 0 Å². The Morgan fingerprint density at radius 1 is 0.962 bits per heavy atom. The lowest BCUT2D eigenvalue weighted by Gasteiger charge is -2.26. The van der Waals surface area contributed by atoms with Gasteiger partial charge in [-0.05, 0) is 85.5 Å². The fraction of sp³-hybridized carbons (Fsp3) is 0.487. The second kappa shape index (κ2) is 19.4. The summed E-state index contributed by atoms with van der Waals surface area (Å²) in [5, 5.41) is 17.4. The largest absolute Gasteiger partial charge is 0.390 e. The quantitative estimate of drug-likeness (QED) is 0.156. The summed E-state index contributed by atoms with van der Waals surface area (Å²) in [6.45, 7) is 7.74. The summed E-state index contributed by atoms with van der Waals surface area (Å²) in [4.78, 5) is 29.3. The molecule has 52 heavy (non-hydrogen) atoms. The van der Waals surface area contributed by atoms with Crippen molar-refractivity contribution in [3.63, 3.8) is 0 Å². The number of nitrogens with zero attached hydrogens (tertiary/aromatic N) is 2. The van der Waals surface area contributed by atoms with Gasteiger partial charge in [0.25, 0.3) is 11.8 Å². The van der Waals surface area contributed by atoms with Gasteiger partial charge in [0.1, 0.15) is 11.6 Å². The zero-order valence-electron chi connectivity index (χ0n) is 30.5. The third kappa shape index (κ3) is 10.9. The Kier molecular flexibility index (Phi) is 15.3. The molecular weight excluding hydrogens is 691 g/mol. The molecule has 284 valence electrons. The van der Waals surface area contributed by atoms with E-state index >= 15 is 0 Å². The van der Waals surface area contributed by atoms with Gasteiger partial charge in [-0.25, -0.2) is 17.2 Å². The maximum absolute atomic E-state index is 14.2. The normalized spacial score (nSPS) is 16.1. The molecule has 0 saturated carbocycles. The number of sulfonamides is 1. The summed E-state index contributed by atoms with van der Waals surface area (Å²) in [5.74, 6) is -2.77. The highest BCUT2D eigenvalue weighted by atomic mass is 32.2. The van der Waals surface area contributed by atoms with Crippen LogP contribution in [0.5, 0.6) is 0 Å². The molecule has 0 aliphatic carbocycles. The van der Waals surface area contributed by atoms with Crippen LogP contribution >= 0.6 is 0 Å². The summed E-state index contributed by atoms with van der Waals surface area (Å²) in [7, 11) is -2.66. The number of nitrogens with one attached hydrogen (secondary N) is 2. The number of methoxy groups -OCH3 is 1. The summed E-state index contributed by atoms with van der Waals surface area (Å²) in [6, 6.07) is 13.4. The molecule has 0 unspecified atom stereocenters. The Labute approximate surface area is 306 Å². The van der Waals surface area contributed by atoms with Crippen molar-refractivity contribution >= 4 is 21.8 Å². The average molecular weight is 743 g/mol. The molecular formula is C39H52F2N4O6S. The van der Waals surface area contributed by atoms with E-state index in [1.165, 1.54) is 29.6 Å². The number of amides is 2. The molecule has 1 saturated heterocycles. The first kappa shape index (κ1) is 41.0. The van der Waals surface area contributed by atoms with Crippen LogP contribution in [0.1, 0.15) is 83.9 Å². The lowest BCUT2D eigenvalue weighted by Crippen LogP contribution is -2.48. The van der Waals surface area contributed by atoms with Crippen LogP contribution in [0.3, 0.4) is 0 Å². The van der Waals surface area contributed by atoms with Gasteiger partial charge in [0, 0.05) is 63.1 Å². The molecule has 1 fully saturated rings. The van der Waals surface area contributed by atoms with Crippen molar-refractivity contribution < 1.29 is 36.6 Å². The number of aliphatic hydroxyl groups is 1. The highest BCUT2D eigenvalue weighted by Crippen LogP contribution is 2.28. The zero-order chi connectivity index (χ0) is 37.8. The molecule has 1 heterocycles. The van der Waals surface area contributed by atoms with Crippen molar-refractivity contribution in [2.45, 2.75) is 88.9 Å². The van der Waals surface area contributed by atoms with Gasteiger partial charge in [0.2, 0.25) is 10.0 Å². The Morgan fingerprint density at radius 2 is 1.63 bits per heavy atom. The number of hydrogen-bond acceptors (Lipinski definition) is 7. The van der Waals surface area contributed by atoms with Crippen LogP contribution in [-0.2, 0) is 34.1 Å². The molecule has 1 aliphatic heterocycles. The van der Waals surface area contributed by atoms with E-state index in [0.29, 0.717) is 45.3 Å². The number of carbonyl (C=O) groups excluding carboxylic acids is 2. The third-order valence-corrected chi connectivity index (χ3v) is 11.1. The van der Waals surface area contributed by atoms with Crippen molar-refractivity contribution in [1.82, 2.24) is 19.8 Å². The summed E-state index contributed by atoms with van der Waals surface area (Å²) >= 11 is 0. The number of rotatable bonds is 19. The summed E-state index contributed by atoms with van der Waals surface area (Å²) in [6.07, 6.45) is 2.12. The Morgan fingerprint density at radius 3 is 2.29 bits per heavy atom. The molecule has 0 bridgehead atoms. The molecule has 13 heteroatoms. The molecule has 0 spiro atoms. The van der Waals surface area contributed by atoms with E-state index in [4.69, 9.17) is 4.74 Å². The number of aliphatic hydroxyl groups excluding tert-OH is 1. The molecule has 3 N–H and O–H groups in total. The van der Waals surface area contributed by atoms with Gasteiger partial charge in [-0.2, -0.15) is 4.31 Å². The number of aryl methyl sites for hydroxylation is 1. The maximum Gasteiger partial charge on any atom is 0.253 e. The molecule has 3 atom stereocenters. The van der Waals surface area contributed by atoms with Crippen molar-refractivity contribution in [2.24, 2.45) is 0 Å². The van der Waals surface area contributed by atoms with Gasteiger partial charge in [0.05, 0.1) is 23.6 Å². The summed E-state index contributed by atoms with van der Waals surface area (Å²) in [5.41, 5.74) is 2.30. The van der Waals surface area contributed by atoms with E-state index < -0.39 is 51.7 Å². The fourth-order valence-electron chi connectivity index (χ4n) is 6.64. The van der Waals surface area contributed by atoms with Crippen LogP contribution < -0.4 is 10.6 Å². The van der Waals surface area contributed by atoms with Crippen molar-refractivity contribution in [1.29, 1.82) is 0 Å². The molecule has 1 aliphatic rings. The van der Waals surface area contributed by atoms with E-state index in [-0.39, 0.29) is 47.7 Å². The van der Waals surface area contributed by atoms with Crippen molar-refractivity contribution in [3.05, 3.63) is 100 Å². The van der Waals surface area contributed by atoms with Gasteiger partial charge < -0.3 is 25.4 Å². The minimum atomic E-state index is -4.16. The van der Waals surface area contributed by atoms with Crippen LogP contribution in [0.4, 0.5) is 8.78 Å². The third-order valence-electron chi connectivity index (χ3n) is 9.22. The van der Waals surface area contributed by atoms with Crippen LogP contribution in [0.2, 0.25) is 0 Å². The number of hydrogen-bond donors (Lipinski definition) is 3. The van der Waals surface area contributed by atoms with E-state index in [2.05, 4.69) is 23.6 Å². The van der Waals surface area contributed by atoms with Crippen molar-refractivity contribution in [3.8, 4) is 0 Å². The average Bonchev–Trinajstić information content (AvgIpc) is 3.60. The second-order valence-electron chi connectivity index (χ2n) is 13.3. The van der Waals surface area contributed by atoms with Crippen LogP contribution in [0, 0.1) is 11.6 Å². The molecule has 0 radical (unpaired) electrons. The van der Waals surface area contributed by atoms with E-state index in [9.17, 15) is 31.9 Å². The van der Waals surface area contributed by atoms with Crippen LogP contribution in [0.15, 0.2) is 65.6 Å². The molecule has 10 nitrogen and oxygen atoms in total. The van der Waals surface area contributed by atoms with Gasteiger partial charge in [-0.15, -0.1) is 0 Å². The predicted molar refractivity (Wildman–Crippen MR) is 197 cm³/mol. The summed E-state index contributed by atoms with van der Waals surface area (Å²) < 4.78 is 63.2. The molecule has 3 aromatic rings. The van der Waals surface area contributed by atoms with E-state index in [0.717, 1.165) is 35.7 Å². The smallest absolute Gasteiger partial charge is 0.253 e. The zero-order valence-corrected chi connectivity index (χ0v) is 31.4. The first-order valence-corrected chi connectivity index (χ1v) is 19.5. The Bertz CT molecular complexity index is 1750. The Hall–Kier alpha value is -3.75. The number of carbonyl (C=O) groups is 2. The topological polar surface area (TPSA) is 128 Å². The number of ether oxygens (including phenoxy) is 1. The van der Waals surface area contributed by atoms with Gasteiger partial charge in [0.15, 0.2) is 0 Å².